The largest absolute Gasteiger partial charge is 0.399 e. The Hall–Kier alpha value is -0.710. The van der Waals surface area contributed by atoms with Gasteiger partial charge in [-0.3, -0.25) is 0 Å². The van der Waals surface area contributed by atoms with Crippen LogP contribution in [0.15, 0.2) is 29.8 Å². The van der Waals surface area contributed by atoms with Gasteiger partial charge in [-0.1, -0.05) is 11.6 Å². The summed E-state index contributed by atoms with van der Waals surface area (Å²) in [6.45, 7) is 1.02. The Bertz CT molecular complexity index is 413. The van der Waals surface area contributed by atoms with Crippen LogP contribution in [0, 0.1) is 3.57 Å². The lowest BCUT2D eigenvalue weighted by Gasteiger charge is -2.14. The molecule has 17 heavy (non-hydrogen) atoms. The number of allylic oxidation sites excluding steroid dienone is 1. The van der Waals surface area contributed by atoms with Crippen LogP contribution in [0.1, 0.15) is 32.1 Å². The van der Waals surface area contributed by atoms with Crippen LogP contribution in [0.25, 0.3) is 0 Å². The molecule has 1 aliphatic carbocycles. The zero-order valence-corrected chi connectivity index (χ0v) is 12.2. The molecule has 0 saturated carbocycles. The molecule has 2 rings (SSSR count). The van der Waals surface area contributed by atoms with E-state index in [2.05, 4.69) is 40.1 Å². The second-order valence-corrected chi connectivity index (χ2v) is 5.69. The van der Waals surface area contributed by atoms with Gasteiger partial charge in [-0.2, -0.15) is 0 Å². The monoisotopic (exact) mass is 342 g/mol. The molecule has 0 bridgehead atoms. The lowest BCUT2D eigenvalue weighted by molar-refractivity contribution is 0.679. The van der Waals surface area contributed by atoms with Crippen molar-refractivity contribution in [2.75, 3.05) is 17.6 Å². The number of nitrogens with two attached hydrogens (primary N) is 1. The summed E-state index contributed by atoms with van der Waals surface area (Å²) in [5, 5.41) is 3.48. The second kappa shape index (κ2) is 6.28. The van der Waals surface area contributed by atoms with Gasteiger partial charge in [-0.15, -0.1) is 0 Å². The maximum absolute atomic E-state index is 5.73. The first-order valence-electron chi connectivity index (χ1n) is 6.22. The number of rotatable bonds is 4. The smallest absolute Gasteiger partial charge is 0.0477 e. The fraction of sp³-hybridized carbons (Fsp3) is 0.429. The van der Waals surface area contributed by atoms with Gasteiger partial charge < -0.3 is 11.1 Å². The van der Waals surface area contributed by atoms with Crippen molar-refractivity contribution < 1.29 is 0 Å². The van der Waals surface area contributed by atoms with E-state index in [1.165, 1.54) is 41.4 Å². The second-order valence-electron chi connectivity index (χ2n) is 4.52. The van der Waals surface area contributed by atoms with Crippen LogP contribution in [0.3, 0.4) is 0 Å². The van der Waals surface area contributed by atoms with Crippen molar-refractivity contribution in [1.82, 2.24) is 0 Å². The van der Waals surface area contributed by atoms with E-state index < -0.39 is 0 Å². The molecule has 0 fully saturated rings. The molecule has 0 spiro atoms. The standard InChI is InChI=1S/C14H19IN2/c15-13-10-12(16)6-7-14(13)17-9-8-11-4-2-1-3-5-11/h4,6-7,10,17H,1-3,5,8-9,16H2. The molecule has 3 N–H and O–H groups in total. The third kappa shape index (κ3) is 3.91. The third-order valence-electron chi connectivity index (χ3n) is 3.14. The first-order chi connectivity index (χ1) is 8.25. The van der Waals surface area contributed by atoms with Gasteiger partial charge in [0.2, 0.25) is 0 Å². The molecule has 0 amide bonds. The van der Waals surface area contributed by atoms with Crippen molar-refractivity contribution in [3.8, 4) is 0 Å². The van der Waals surface area contributed by atoms with E-state index in [-0.39, 0.29) is 0 Å². The Kier molecular flexibility index (Phi) is 4.71. The molecule has 0 atom stereocenters. The van der Waals surface area contributed by atoms with Crippen LogP contribution in [0.4, 0.5) is 11.4 Å². The molecule has 0 radical (unpaired) electrons. The Balaban J connectivity index is 1.83. The molecular formula is C14H19IN2. The summed E-state index contributed by atoms with van der Waals surface area (Å²) in [5.74, 6) is 0. The van der Waals surface area contributed by atoms with Crippen LogP contribution in [0.2, 0.25) is 0 Å². The molecule has 92 valence electrons. The minimum absolute atomic E-state index is 0.829. The first kappa shape index (κ1) is 12.7. The van der Waals surface area contributed by atoms with Gasteiger partial charge in [0.15, 0.2) is 0 Å². The van der Waals surface area contributed by atoms with Crippen molar-refractivity contribution in [2.45, 2.75) is 32.1 Å². The zero-order chi connectivity index (χ0) is 12.1. The fourth-order valence-corrected chi connectivity index (χ4v) is 2.89. The fourth-order valence-electron chi connectivity index (χ4n) is 2.16. The molecule has 0 saturated heterocycles. The number of nitrogens with one attached hydrogen (secondary N) is 1. The van der Waals surface area contributed by atoms with Crippen molar-refractivity contribution in [3.63, 3.8) is 0 Å². The normalized spacial score (nSPS) is 15.5. The summed E-state index contributed by atoms with van der Waals surface area (Å²) in [5.41, 5.74) is 9.37. The Morgan fingerprint density at radius 1 is 1.29 bits per heavy atom. The van der Waals surface area contributed by atoms with Crippen LogP contribution < -0.4 is 11.1 Å². The Labute approximate surface area is 117 Å². The molecule has 0 aromatic heterocycles. The number of hydrogen-bond donors (Lipinski definition) is 2. The predicted octanol–water partition coefficient (Wildman–Crippen LogP) is 4.18. The van der Waals surface area contributed by atoms with Crippen molar-refractivity contribution in [3.05, 3.63) is 33.4 Å². The molecule has 0 unspecified atom stereocenters. The topological polar surface area (TPSA) is 38.0 Å². The van der Waals surface area contributed by atoms with Crippen LogP contribution >= 0.6 is 22.6 Å². The summed E-state index contributed by atoms with van der Waals surface area (Å²) in [6.07, 6.45) is 8.88. The van der Waals surface area contributed by atoms with E-state index in [0.717, 1.165) is 12.2 Å². The van der Waals surface area contributed by atoms with Gasteiger partial charge >= 0.3 is 0 Å². The van der Waals surface area contributed by atoms with Gasteiger partial charge in [0.05, 0.1) is 0 Å². The highest BCUT2D eigenvalue weighted by Crippen LogP contribution is 2.23. The molecule has 2 nitrogen and oxygen atoms in total. The van der Waals surface area contributed by atoms with Gasteiger partial charge in [0, 0.05) is 21.5 Å². The average molecular weight is 342 g/mol. The molecule has 1 aromatic carbocycles. The van der Waals surface area contributed by atoms with E-state index in [4.69, 9.17) is 5.73 Å². The molecular weight excluding hydrogens is 323 g/mol. The lowest BCUT2D eigenvalue weighted by atomic mass is 9.97. The minimum Gasteiger partial charge on any atom is -0.399 e. The van der Waals surface area contributed by atoms with Crippen molar-refractivity contribution in [2.24, 2.45) is 0 Å². The number of halogens is 1. The van der Waals surface area contributed by atoms with E-state index in [0.29, 0.717) is 0 Å². The molecule has 1 aliphatic rings. The molecule has 0 heterocycles. The third-order valence-corrected chi connectivity index (χ3v) is 4.03. The van der Waals surface area contributed by atoms with E-state index in [1.54, 1.807) is 5.57 Å². The SMILES string of the molecule is Nc1ccc(NCCC2=CCCCC2)c(I)c1. The van der Waals surface area contributed by atoms with E-state index in [9.17, 15) is 0 Å². The molecule has 1 aromatic rings. The Morgan fingerprint density at radius 3 is 2.88 bits per heavy atom. The zero-order valence-electron chi connectivity index (χ0n) is 10.0. The lowest BCUT2D eigenvalue weighted by Crippen LogP contribution is -2.05. The molecule has 3 heteroatoms. The first-order valence-corrected chi connectivity index (χ1v) is 7.30. The summed E-state index contributed by atoms with van der Waals surface area (Å²) < 4.78 is 1.19. The minimum atomic E-state index is 0.829. The van der Waals surface area contributed by atoms with E-state index >= 15 is 0 Å². The van der Waals surface area contributed by atoms with E-state index in [1.807, 2.05) is 12.1 Å². The average Bonchev–Trinajstić information content (AvgIpc) is 2.33. The van der Waals surface area contributed by atoms with Crippen molar-refractivity contribution in [1.29, 1.82) is 0 Å². The van der Waals surface area contributed by atoms with Crippen LogP contribution in [0.5, 0.6) is 0 Å². The number of hydrogen-bond acceptors (Lipinski definition) is 2. The maximum Gasteiger partial charge on any atom is 0.0477 e. The summed E-state index contributed by atoms with van der Waals surface area (Å²) in [4.78, 5) is 0. The highest BCUT2D eigenvalue weighted by atomic mass is 127. The Morgan fingerprint density at radius 2 is 2.18 bits per heavy atom. The highest BCUT2D eigenvalue weighted by Gasteiger charge is 2.04. The van der Waals surface area contributed by atoms with Gasteiger partial charge in [-0.05, 0) is 72.9 Å². The van der Waals surface area contributed by atoms with Crippen molar-refractivity contribution >= 4 is 34.0 Å². The molecule has 0 aliphatic heterocycles. The van der Waals surface area contributed by atoms with Gasteiger partial charge in [0.25, 0.3) is 0 Å². The number of anilines is 2. The summed E-state index contributed by atoms with van der Waals surface area (Å²) in [6, 6.07) is 6.01. The van der Waals surface area contributed by atoms with Crippen LogP contribution in [-0.2, 0) is 0 Å². The van der Waals surface area contributed by atoms with Gasteiger partial charge in [0.1, 0.15) is 0 Å². The number of benzene rings is 1. The quantitative estimate of drug-likeness (QED) is 0.490. The van der Waals surface area contributed by atoms with Gasteiger partial charge in [-0.25, -0.2) is 0 Å². The number of nitrogen functional groups attached to an aromatic ring is 1. The predicted molar refractivity (Wildman–Crippen MR) is 83.2 cm³/mol. The van der Waals surface area contributed by atoms with Crippen LogP contribution in [-0.4, -0.2) is 6.54 Å². The maximum atomic E-state index is 5.73. The summed E-state index contributed by atoms with van der Waals surface area (Å²) in [7, 11) is 0. The highest BCUT2D eigenvalue weighted by molar-refractivity contribution is 14.1. The summed E-state index contributed by atoms with van der Waals surface area (Å²) >= 11 is 2.32.